The summed E-state index contributed by atoms with van der Waals surface area (Å²) in [7, 11) is 0. The Labute approximate surface area is 117 Å². The van der Waals surface area contributed by atoms with Gasteiger partial charge in [-0.25, -0.2) is 4.39 Å². The molecule has 1 N–H and O–H groups in total. The Kier molecular flexibility index (Phi) is 6.49. The molecule has 0 fully saturated rings. The van der Waals surface area contributed by atoms with Gasteiger partial charge in [-0.05, 0) is 19.1 Å². The fourth-order valence-corrected chi connectivity index (χ4v) is 1.66. The van der Waals surface area contributed by atoms with E-state index in [-0.39, 0.29) is 37.6 Å². The lowest BCUT2D eigenvalue weighted by atomic mass is 10.3. The molecule has 0 radical (unpaired) electrons. The van der Waals surface area contributed by atoms with Crippen LogP contribution in [0.25, 0.3) is 0 Å². The molecule has 1 rings (SSSR count). The van der Waals surface area contributed by atoms with E-state index in [0.29, 0.717) is 6.54 Å². The highest BCUT2D eigenvalue weighted by atomic mass is 19.1. The zero-order chi connectivity index (χ0) is 15.0. The van der Waals surface area contributed by atoms with E-state index in [9.17, 15) is 14.0 Å². The fraction of sp³-hybridized carbons (Fsp3) is 0.429. The monoisotopic (exact) mass is 283 g/mol. The predicted octanol–water partition coefficient (Wildman–Crippen LogP) is 1.92. The van der Waals surface area contributed by atoms with Gasteiger partial charge in [0.1, 0.15) is 0 Å². The molecule has 20 heavy (non-hydrogen) atoms. The Morgan fingerprint density at radius 3 is 2.60 bits per heavy atom. The number of amides is 1. The van der Waals surface area contributed by atoms with Crippen LogP contribution in [0.5, 0.6) is 5.75 Å². The van der Waals surface area contributed by atoms with Crippen LogP contribution in [-0.2, 0) is 9.59 Å². The van der Waals surface area contributed by atoms with Crippen molar-refractivity contribution in [2.45, 2.75) is 19.8 Å². The minimum absolute atomic E-state index is 0.0589. The van der Waals surface area contributed by atoms with Crippen molar-refractivity contribution in [3.05, 3.63) is 30.1 Å². The third-order valence-electron chi connectivity index (χ3n) is 2.74. The molecule has 0 saturated heterocycles. The Morgan fingerprint density at radius 2 is 2.00 bits per heavy atom. The summed E-state index contributed by atoms with van der Waals surface area (Å²) in [4.78, 5) is 23.7. The molecule has 0 atom stereocenters. The number of aliphatic carboxylic acids is 1. The summed E-state index contributed by atoms with van der Waals surface area (Å²) in [5.41, 5.74) is 0. The number of rotatable bonds is 8. The number of carboxylic acids is 1. The van der Waals surface area contributed by atoms with Gasteiger partial charge in [0.05, 0.1) is 19.4 Å². The predicted molar refractivity (Wildman–Crippen MR) is 71.0 cm³/mol. The standard InChI is InChI=1S/C14H18FNO4/c1-2-16(9-7-14(18)19)13(17)8-10-20-12-6-4-3-5-11(12)15/h3-6H,2,7-10H2,1H3,(H,18,19). The number of nitrogens with zero attached hydrogens (tertiary/aromatic N) is 1. The van der Waals surface area contributed by atoms with E-state index >= 15 is 0 Å². The summed E-state index contributed by atoms with van der Waals surface area (Å²) >= 11 is 0. The summed E-state index contributed by atoms with van der Waals surface area (Å²) in [6.07, 6.45) is -0.00442. The quantitative estimate of drug-likeness (QED) is 0.791. The molecule has 6 heteroatoms. The highest BCUT2D eigenvalue weighted by molar-refractivity contribution is 5.77. The van der Waals surface area contributed by atoms with Crippen LogP contribution < -0.4 is 4.74 Å². The van der Waals surface area contributed by atoms with E-state index in [2.05, 4.69) is 0 Å². The highest BCUT2D eigenvalue weighted by Crippen LogP contribution is 2.15. The smallest absolute Gasteiger partial charge is 0.305 e. The lowest BCUT2D eigenvalue weighted by Crippen LogP contribution is -2.33. The number of benzene rings is 1. The number of hydrogen-bond donors (Lipinski definition) is 1. The first-order valence-electron chi connectivity index (χ1n) is 6.41. The third-order valence-corrected chi connectivity index (χ3v) is 2.74. The number of ether oxygens (including phenoxy) is 1. The summed E-state index contributed by atoms with van der Waals surface area (Å²) in [5.74, 6) is -1.52. The number of carbonyl (C=O) groups is 2. The van der Waals surface area contributed by atoms with Gasteiger partial charge in [0.25, 0.3) is 0 Å². The van der Waals surface area contributed by atoms with Crippen molar-refractivity contribution in [3.63, 3.8) is 0 Å². The molecule has 1 amide bonds. The first kappa shape index (κ1) is 15.9. The van der Waals surface area contributed by atoms with Crippen molar-refractivity contribution in [2.75, 3.05) is 19.7 Å². The van der Waals surface area contributed by atoms with Crippen LogP contribution in [0.2, 0.25) is 0 Å². The molecule has 0 aliphatic rings. The molecule has 0 saturated carbocycles. The Hall–Kier alpha value is -2.11. The van der Waals surface area contributed by atoms with Gasteiger partial charge in [0, 0.05) is 13.1 Å². The van der Waals surface area contributed by atoms with Crippen molar-refractivity contribution in [1.29, 1.82) is 0 Å². The van der Waals surface area contributed by atoms with Gasteiger partial charge in [0.2, 0.25) is 5.91 Å². The number of carbonyl (C=O) groups excluding carboxylic acids is 1. The van der Waals surface area contributed by atoms with Crippen molar-refractivity contribution < 1.29 is 23.8 Å². The highest BCUT2D eigenvalue weighted by Gasteiger charge is 2.13. The summed E-state index contributed by atoms with van der Waals surface area (Å²) in [6, 6.07) is 5.97. The van der Waals surface area contributed by atoms with Gasteiger partial charge in [-0.3, -0.25) is 9.59 Å². The molecule has 0 aliphatic carbocycles. The van der Waals surface area contributed by atoms with Crippen LogP contribution in [-0.4, -0.2) is 41.6 Å². The van der Waals surface area contributed by atoms with Crippen molar-refractivity contribution in [2.24, 2.45) is 0 Å². The maximum Gasteiger partial charge on any atom is 0.305 e. The molecular weight excluding hydrogens is 265 g/mol. The Balaban J connectivity index is 2.38. The van der Waals surface area contributed by atoms with Crippen molar-refractivity contribution >= 4 is 11.9 Å². The largest absolute Gasteiger partial charge is 0.490 e. The van der Waals surface area contributed by atoms with E-state index in [4.69, 9.17) is 9.84 Å². The van der Waals surface area contributed by atoms with Crippen LogP contribution in [0.1, 0.15) is 19.8 Å². The SMILES string of the molecule is CCN(CCC(=O)O)C(=O)CCOc1ccccc1F. The molecule has 0 aromatic heterocycles. The first-order chi connectivity index (χ1) is 9.54. The molecule has 0 aliphatic heterocycles. The minimum atomic E-state index is -0.946. The number of para-hydroxylation sites is 1. The Bertz CT molecular complexity index is 464. The summed E-state index contributed by atoms with van der Waals surface area (Å²) in [6.45, 7) is 2.44. The van der Waals surface area contributed by atoms with Gasteiger partial charge in [0.15, 0.2) is 11.6 Å². The molecule has 0 spiro atoms. The lowest BCUT2D eigenvalue weighted by molar-refractivity contribution is -0.138. The molecule has 0 bridgehead atoms. The van der Waals surface area contributed by atoms with Gasteiger partial charge in [-0.1, -0.05) is 12.1 Å². The van der Waals surface area contributed by atoms with Crippen LogP contribution >= 0.6 is 0 Å². The van der Waals surface area contributed by atoms with Gasteiger partial charge < -0.3 is 14.7 Å². The van der Waals surface area contributed by atoms with E-state index < -0.39 is 11.8 Å². The number of hydrogen-bond acceptors (Lipinski definition) is 3. The maximum atomic E-state index is 13.3. The number of carboxylic acid groups (broad SMARTS) is 1. The molecule has 110 valence electrons. The van der Waals surface area contributed by atoms with E-state index in [1.807, 2.05) is 0 Å². The normalized spacial score (nSPS) is 10.1. The van der Waals surface area contributed by atoms with Crippen molar-refractivity contribution in [3.8, 4) is 5.75 Å². The average molecular weight is 283 g/mol. The molecule has 0 heterocycles. The third kappa shape index (κ3) is 5.26. The molecule has 1 aromatic rings. The van der Waals surface area contributed by atoms with E-state index in [1.54, 1.807) is 19.1 Å². The second kappa shape index (κ2) is 8.14. The van der Waals surface area contributed by atoms with Crippen LogP contribution in [0.4, 0.5) is 4.39 Å². The second-order valence-corrected chi connectivity index (χ2v) is 4.15. The zero-order valence-electron chi connectivity index (χ0n) is 11.3. The Morgan fingerprint density at radius 1 is 1.30 bits per heavy atom. The molecule has 5 nitrogen and oxygen atoms in total. The number of halogens is 1. The van der Waals surface area contributed by atoms with Crippen LogP contribution in [0.3, 0.4) is 0 Å². The molecule has 1 aromatic carbocycles. The molecular formula is C14H18FNO4. The van der Waals surface area contributed by atoms with Crippen LogP contribution in [0.15, 0.2) is 24.3 Å². The van der Waals surface area contributed by atoms with Crippen LogP contribution in [0, 0.1) is 5.82 Å². The van der Waals surface area contributed by atoms with Gasteiger partial charge in [-0.15, -0.1) is 0 Å². The summed E-state index contributed by atoms with van der Waals surface area (Å²) < 4.78 is 18.5. The van der Waals surface area contributed by atoms with Crippen molar-refractivity contribution in [1.82, 2.24) is 4.90 Å². The minimum Gasteiger partial charge on any atom is -0.490 e. The van der Waals surface area contributed by atoms with Gasteiger partial charge in [-0.2, -0.15) is 0 Å². The topological polar surface area (TPSA) is 66.8 Å². The van der Waals surface area contributed by atoms with E-state index in [1.165, 1.54) is 17.0 Å². The fourth-order valence-electron chi connectivity index (χ4n) is 1.66. The maximum absolute atomic E-state index is 13.3. The van der Waals surface area contributed by atoms with Gasteiger partial charge >= 0.3 is 5.97 Å². The average Bonchev–Trinajstić information content (AvgIpc) is 2.41. The van der Waals surface area contributed by atoms with E-state index in [0.717, 1.165) is 0 Å². The molecule has 0 unspecified atom stereocenters. The zero-order valence-corrected chi connectivity index (χ0v) is 11.3. The summed E-state index contributed by atoms with van der Waals surface area (Å²) in [5, 5.41) is 8.59. The second-order valence-electron chi connectivity index (χ2n) is 4.15. The lowest BCUT2D eigenvalue weighted by Gasteiger charge is -2.20. The first-order valence-corrected chi connectivity index (χ1v) is 6.41.